The third-order valence-corrected chi connectivity index (χ3v) is 7.16. The first-order valence-corrected chi connectivity index (χ1v) is 13.3. The van der Waals surface area contributed by atoms with E-state index in [4.69, 9.17) is 10.5 Å². The topological polar surface area (TPSA) is 110 Å². The normalized spacial score (nSPS) is 13.7. The van der Waals surface area contributed by atoms with Crippen molar-refractivity contribution in [2.45, 2.75) is 45.3 Å². The molecule has 0 fully saturated rings. The van der Waals surface area contributed by atoms with E-state index in [0.29, 0.717) is 39.2 Å². The number of anilines is 2. The van der Waals surface area contributed by atoms with Crippen LogP contribution < -0.4 is 21.1 Å². The van der Waals surface area contributed by atoms with Gasteiger partial charge in [0, 0.05) is 22.7 Å². The summed E-state index contributed by atoms with van der Waals surface area (Å²) < 4.78 is 47.9. The summed E-state index contributed by atoms with van der Waals surface area (Å²) >= 11 is 0. The van der Waals surface area contributed by atoms with Crippen molar-refractivity contribution in [2.24, 2.45) is 0 Å². The summed E-state index contributed by atoms with van der Waals surface area (Å²) in [7, 11) is -1.17. The van der Waals surface area contributed by atoms with Crippen molar-refractivity contribution >= 4 is 34.9 Å². The van der Waals surface area contributed by atoms with Crippen LogP contribution in [0.1, 0.15) is 43.8 Å². The van der Waals surface area contributed by atoms with Crippen molar-refractivity contribution in [1.82, 2.24) is 9.97 Å². The molecule has 34 heavy (non-hydrogen) atoms. The first-order chi connectivity index (χ1) is 15.5. The monoisotopic (exact) mass is 492 g/mol. The largest absolute Gasteiger partial charge is 0.496 e. The SMILES string of the molecule is COc1cc2nc(C)nc(N[C@H](C)c3cc(N)cc(C(F)(F)C(C)(C)O)c3)c2cc1P(C)(C)=O. The van der Waals surface area contributed by atoms with Crippen LogP contribution in [0.3, 0.4) is 0 Å². The zero-order valence-electron chi connectivity index (χ0n) is 20.4. The van der Waals surface area contributed by atoms with Gasteiger partial charge in [-0.3, -0.25) is 0 Å². The average Bonchev–Trinajstić information content (AvgIpc) is 2.70. The number of benzene rings is 2. The van der Waals surface area contributed by atoms with Crippen molar-refractivity contribution in [3.63, 3.8) is 0 Å². The van der Waals surface area contributed by atoms with Gasteiger partial charge in [0.25, 0.3) is 0 Å². The highest BCUT2D eigenvalue weighted by Crippen LogP contribution is 2.42. The predicted octanol–water partition coefficient (Wildman–Crippen LogP) is 4.81. The summed E-state index contributed by atoms with van der Waals surface area (Å²) in [5.41, 5.74) is 4.53. The van der Waals surface area contributed by atoms with E-state index in [2.05, 4.69) is 15.3 Å². The molecule has 184 valence electrons. The van der Waals surface area contributed by atoms with Gasteiger partial charge in [0.2, 0.25) is 0 Å². The van der Waals surface area contributed by atoms with Crippen LogP contribution in [0.2, 0.25) is 0 Å². The molecule has 4 N–H and O–H groups in total. The van der Waals surface area contributed by atoms with Crippen LogP contribution >= 0.6 is 7.14 Å². The number of aromatic nitrogens is 2. The number of ether oxygens (including phenoxy) is 1. The zero-order chi connectivity index (χ0) is 25.6. The summed E-state index contributed by atoms with van der Waals surface area (Å²) in [6.07, 6.45) is 0. The first-order valence-electron chi connectivity index (χ1n) is 10.7. The maximum absolute atomic E-state index is 14.8. The number of methoxy groups -OCH3 is 1. The van der Waals surface area contributed by atoms with Gasteiger partial charge in [-0.15, -0.1) is 0 Å². The van der Waals surface area contributed by atoms with E-state index in [9.17, 15) is 18.5 Å². The molecule has 0 aliphatic heterocycles. The summed E-state index contributed by atoms with van der Waals surface area (Å²) in [6.45, 7) is 8.94. The van der Waals surface area contributed by atoms with Gasteiger partial charge >= 0.3 is 5.92 Å². The lowest BCUT2D eigenvalue weighted by Gasteiger charge is -2.30. The fourth-order valence-electron chi connectivity index (χ4n) is 3.71. The summed E-state index contributed by atoms with van der Waals surface area (Å²) in [4.78, 5) is 8.97. The number of hydrogen-bond donors (Lipinski definition) is 3. The van der Waals surface area contributed by atoms with Gasteiger partial charge in [-0.05, 0) is 70.9 Å². The molecule has 1 aromatic heterocycles. The van der Waals surface area contributed by atoms with Gasteiger partial charge in [0.1, 0.15) is 30.1 Å². The predicted molar refractivity (Wildman–Crippen MR) is 133 cm³/mol. The number of nitrogen functional groups attached to an aromatic ring is 1. The van der Waals surface area contributed by atoms with Crippen LogP contribution in [0.25, 0.3) is 10.9 Å². The Labute approximate surface area is 198 Å². The number of alkyl halides is 2. The average molecular weight is 493 g/mol. The molecule has 1 heterocycles. The van der Waals surface area contributed by atoms with Crippen LogP contribution in [0, 0.1) is 6.92 Å². The molecule has 1 atom stereocenters. The third kappa shape index (κ3) is 5.00. The van der Waals surface area contributed by atoms with Crippen molar-refractivity contribution in [3.8, 4) is 5.75 Å². The van der Waals surface area contributed by atoms with E-state index in [0.717, 1.165) is 19.9 Å². The summed E-state index contributed by atoms with van der Waals surface area (Å²) in [6, 6.07) is 7.07. The number of nitrogens with zero attached hydrogens (tertiary/aromatic N) is 2. The van der Waals surface area contributed by atoms with Crippen LogP contribution in [0.5, 0.6) is 5.75 Å². The molecule has 0 saturated heterocycles. The Morgan fingerprint density at radius 1 is 1.15 bits per heavy atom. The summed E-state index contributed by atoms with van der Waals surface area (Å²) in [5, 5.41) is 14.4. The molecule has 0 aliphatic rings. The van der Waals surface area contributed by atoms with Gasteiger partial charge in [-0.2, -0.15) is 8.78 Å². The number of fused-ring (bicyclic) bond motifs is 1. The Morgan fingerprint density at radius 3 is 2.35 bits per heavy atom. The van der Waals surface area contributed by atoms with E-state index in [-0.39, 0.29) is 11.3 Å². The Kier molecular flexibility index (Phi) is 6.68. The van der Waals surface area contributed by atoms with Crippen LogP contribution in [0.15, 0.2) is 30.3 Å². The number of nitrogens with two attached hydrogens (primary N) is 1. The molecule has 2 aromatic carbocycles. The third-order valence-electron chi connectivity index (χ3n) is 5.65. The quantitative estimate of drug-likeness (QED) is 0.321. The van der Waals surface area contributed by atoms with Crippen molar-refractivity contribution in [1.29, 1.82) is 0 Å². The van der Waals surface area contributed by atoms with Crippen molar-refractivity contribution < 1.29 is 23.2 Å². The lowest BCUT2D eigenvalue weighted by atomic mass is 9.91. The first kappa shape index (κ1) is 25.8. The number of nitrogens with one attached hydrogen (secondary N) is 1. The number of hydrogen-bond acceptors (Lipinski definition) is 7. The maximum atomic E-state index is 14.8. The molecular weight excluding hydrogens is 461 g/mol. The molecule has 3 rings (SSSR count). The minimum atomic E-state index is -3.51. The standard InChI is InChI=1S/C24H31F2N4O3P/c1-13(15-8-16(10-17(27)9-15)24(25,26)23(3,4)31)28-22-18-11-21(34(6,7)32)20(33-5)12-19(18)29-14(2)30-22/h8-13,31H,27H2,1-7H3,(H,28,29,30)/t13-/m1/s1. The van der Waals surface area contributed by atoms with Crippen LogP contribution in [-0.2, 0) is 10.5 Å². The van der Waals surface area contributed by atoms with E-state index < -0.39 is 24.7 Å². The van der Waals surface area contributed by atoms with Crippen molar-refractivity contribution in [3.05, 3.63) is 47.3 Å². The van der Waals surface area contributed by atoms with Gasteiger partial charge < -0.3 is 25.5 Å². The Bertz CT molecular complexity index is 1290. The second-order valence-corrected chi connectivity index (χ2v) is 12.6. The van der Waals surface area contributed by atoms with E-state index in [1.807, 2.05) is 0 Å². The highest BCUT2D eigenvalue weighted by molar-refractivity contribution is 7.70. The number of aliphatic hydroxyl groups is 1. The molecular formula is C24H31F2N4O3P. The molecule has 0 bridgehead atoms. The molecule has 0 aliphatic carbocycles. The highest BCUT2D eigenvalue weighted by Gasteiger charge is 2.47. The molecule has 0 unspecified atom stereocenters. The second-order valence-electron chi connectivity index (χ2n) is 9.40. The molecule has 0 saturated carbocycles. The Hall–Kier alpha value is -2.77. The highest BCUT2D eigenvalue weighted by atomic mass is 31.2. The van der Waals surface area contributed by atoms with Gasteiger partial charge in [-0.25, -0.2) is 9.97 Å². The number of rotatable bonds is 7. The van der Waals surface area contributed by atoms with Crippen LogP contribution in [0.4, 0.5) is 20.3 Å². The Morgan fingerprint density at radius 2 is 1.79 bits per heavy atom. The lowest BCUT2D eigenvalue weighted by molar-refractivity contribution is -0.168. The lowest BCUT2D eigenvalue weighted by Crippen LogP contribution is -2.40. The Balaban J connectivity index is 2.10. The van der Waals surface area contributed by atoms with Crippen molar-refractivity contribution in [2.75, 3.05) is 31.5 Å². The fourth-order valence-corrected chi connectivity index (χ4v) is 4.83. The van der Waals surface area contributed by atoms with E-state index in [1.54, 1.807) is 45.4 Å². The maximum Gasteiger partial charge on any atom is 0.300 e. The van der Waals surface area contributed by atoms with Gasteiger partial charge in [0.05, 0.1) is 24.0 Å². The molecule has 10 heteroatoms. The minimum Gasteiger partial charge on any atom is -0.496 e. The number of halogens is 2. The van der Waals surface area contributed by atoms with E-state index in [1.165, 1.54) is 13.2 Å². The van der Waals surface area contributed by atoms with E-state index >= 15 is 0 Å². The molecule has 7 nitrogen and oxygen atoms in total. The minimum absolute atomic E-state index is 0.152. The number of aryl methyl sites for hydroxylation is 1. The van der Waals surface area contributed by atoms with Gasteiger partial charge in [0.15, 0.2) is 0 Å². The molecule has 3 aromatic rings. The smallest absolute Gasteiger partial charge is 0.300 e. The molecule has 0 radical (unpaired) electrons. The van der Waals surface area contributed by atoms with Crippen LogP contribution in [-0.4, -0.2) is 41.1 Å². The summed E-state index contributed by atoms with van der Waals surface area (Å²) in [5.74, 6) is -2.07. The molecule has 0 spiro atoms. The van der Waals surface area contributed by atoms with Gasteiger partial charge in [-0.1, -0.05) is 0 Å². The zero-order valence-corrected chi connectivity index (χ0v) is 21.3. The molecule has 0 amide bonds. The second kappa shape index (κ2) is 8.78. The fraction of sp³-hybridized carbons (Fsp3) is 0.417.